The number of carbonyl (C=O) groups excluding carboxylic acids is 1. The Morgan fingerprint density at radius 1 is 1.17 bits per heavy atom. The number of rotatable bonds is 3. The van der Waals surface area contributed by atoms with Crippen molar-refractivity contribution >= 4 is 22.6 Å². The van der Waals surface area contributed by atoms with Crippen LogP contribution >= 0.6 is 0 Å². The topological polar surface area (TPSA) is 55.2 Å². The van der Waals surface area contributed by atoms with Gasteiger partial charge in [0.2, 0.25) is 0 Å². The molecule has 5 nitrogen and oxygen atoms in total. The highest BCUT2D eigenvalue weighted by Gasteiger charge is 2.21. The molecule has 0 aliphatic heterocycles. The molecule has 0 atom stereocenters. The third kappa shape index (κ3) is 2.61. The highest BCUT2D eigenvalue weighted by molar-refractivity contribution is 6.07. The minimum atomic E-state index is -0.315. The summed E-state index contributed by atoms with van der Waals surface area (Å²) in [6, 6.07) is 14.5. The summed E-state index contributed by atoms with van der Waals surface area (Å²) in [6.07, 6.45) is 1.65. The lowest BCUT2D eigenvalue weighted by molar-refractivity contribution is 0.0986. The summed E-state index contributed by atoms with van der Waals surface area (Å²) in [6.45, 7) is 2.36. The Bertz CT molecular complexity index is 916. The van der Waals surface area contributed by atoms with Crippen LogP contribution < -0.4 is 10.5 Å². The van der Waals surface area contributed by atoms with Crippen LogP contribution in [0.5, 0.6) is 0 Å². The molecule has 3 rings (SSSR count). The molecule has 2 aromatic heterocycles. The average Bonchev–Trinajstić information content (AvgIpc) is 2.59. The van der Waals surface area contributed by atoms with Gasteiger partial charge in [-0.1, -0.05) is 18.2 Å². The van der Waals surface area contributed by atoms with E-state index in [4.69, 9.17) is 0 Å². The van der Waals surface area contributed by atoms with Crippen LogP contribution in [0.25, 0.3) is 11.0 Å². The zero-order chi connectivity index (χ0) is 16.4. The first-order valence-corrected chi connectivity index (χ1v) is 7.45. The van der Waals surface area contributed by atoms with Crippen molar-refractivity contribution in [1.29, 1.82) is 0 Å². The molecule has 0 saturated carbocycles. The van der Waals surface area contributed by atoms with Gasteiger partial charge in [0.15, 0.2) is 0 Å². The number of nitrogens with zero attached hydrogens (tertiary/aromatic N) is 3. The van der Waals surface area contributed by atoms with Crippen molar-refractivity contribution in [1.82, 2.24) is 9.55 Å². The van der Waals surface area contributed by atoms with Crippen LogP contribution in [0.15, 0.2) is 59.5 Å². The summed E-state index contributed by atoms with van der Waals surface area (Å²) in [5, 5.41) is 0. The molecule has 2 heterocycles. The molecule has 0 unspecified atom stereocenters. The standard InChI is InChI=1S/C18H17N3O2/c1-3-21(13-8-5-4-6-9-13)18(23)14-12-15-16(10-7-11-19-15)20(2)17(14)22/h4-12H,3H2,1-2H3. The second kappa shape index (κ2) is 6.04. The van der Waals surface area contributed by atoms with E-state index in [1.54, 1.807) is 30.3 Å². The Morgan fingerprint density at radius 2 is 1.91 bits per heavy atom. The second-order valence-electron chi connectivity index (χ2n) is 5.21. The monoisotopic (exact) mass is 307 g/mol. The number of hydrogen-bond acceptors (Lipinski definition) is 3. The van der Waals surface area contributed by atoms with Gasteiger partial charge in [0.05, 0.1) is 11.0 Å². The number of hydrogen-bond donors (Lipinski definition) is 0. The Morgan fingerprint density at radius 3 is 2.61 bits per heavy atom. The number of benzene rings is 1. The van der Waals surface area contributed by atoms with E-state index in [9.17, 15) is 9.59 Å². The molecule has 1 amide bonds. The van der Waals surface area contributed by atoms with E-state index >= 15 is 0 Å². The second-order valence-corrected chi connectivity index (χ2v) is 5.21. The highest BCUT2D eigenvalue weighted by Crippen LogP contribution is 2.17. The molecule has 0 radical (unpaired) electrons. The highest BCUT2D eigenvalue weighted by atomic mass is 16.2. The van der Waals surface area contributed by atoms with Crippen LogP contribution in [0.2, 0.25) is 0 Å². The molecule has 0 spiro atoms. The number of carbonyl (C=O) groups is 1. The summed E-state index contributed by atoms with van der Waals surface area (Å²) in [5.74, 6) is -0.313. The lowest BCUT2D eigenvalue weighted by Crippen LogP contribution is -2.36. The van der Waals surface area contributed by atoms with Gasteiger partial charge in [-0.05, 0) is 37.3 Å². The molecule has 0 fully saturated rings. The van der Waals surface area contributed by atoms with E-state index < -0.39 is 0 Å². The summed E-state index contributed by atoms with van der Waals surface area (Å²) in [7, 11) is 1.65. The number of anilines is 1. The van der Waals surface area contributed by atoms with E-state index in [2.05, 4.69) is 4.98 Å². The number of aryl methyl sites for hydroxylation is 1. The molecule has 23 heavy (non-hydrogen) atoms. The van der Waals surface area contributed by atoms with E-state index in [0.717, 1.165) is 5.69 Å². The Labute approximate surface area is 133 Å². The lowest BCUT2D eigenvalue weighted by atomic mass is 10.2. The van der Waals surface area contributed by atoms with Gasteiger partial charge >= 0.3 is 0 Å². The Balaban J connectivity index is 2.14. The average molecular weight is 307 g/mol. The van der Waals surface area contributed by atoms with Crippen molar-refractivity contribution in [3.05, 3.63) is 70.6 Å². The molecule has 116 valence electrons. The van der Waals surface area contributed by atoms with Gasteiger partial charge in [0.1, 0.15) is 5.56 Å². The minimum Gasteiger partial charge on any atom is -0.309 e. The molecular weight excluding hydrogens is 290 g/mol. The fraction of sp³-hybridized carbons (Fsp3) is 0.167. The first kappa shape index (κ1) is 15.0. The predicted molar refractivity (Wildman–Crippen MR) is 90.8 cm³/mol. The minimum absolute atomic E-state index is 0.129. The number of fused-ring (bicyclic) bond motifs is 1. The van der Waals surface area contributed by atoms with Gasteiger partial charge in [-0.3, -0.25) is 14.6 Å². The number of aromatic nitrogens is 2. The molecule has 0 saturated heterocycles. The summed E-state index contributed by atoms with van der Waals surface area (Å²) < 4.78 is 1.47. The summed E-state index contributed by atoms with van der Waals surface area (Å²) >= 11 is 0. The lowest BCUT2D eigenvalue weighted by Gasteiger charge is -2.21. The Hall–Kier alpha value is -2.95. The quantitative estimate of drug-likeness (QED) is 0.747. The van der Waals surface area contributed by atoms with Crippen molar-refractivity contribution in [3.63, 3.8) is 0 Å². The van der Waals surface area contributed by atoms with Crippen LogP contribution in [-0.4, -0.2) is 22.0 Å². The molecule has 0 aliphatic rings. The number of pyridine rings is 2. The first-order valence-electron chi connectivity index (χ1n) is 7.45. The molecular formula is C18H17N3O2. The molecule has 0 aliphatic carbocycles. The van der Waals surface area contributed by atoms with Crippen molar-refractivity contribution < 1.29 is 4.79 Å². The maximum absolute atomic E-state index is 12.9. The van der Waals surface area contributed by atoms with Gasteiger partial charge in [-0.25, -0.2) is 0 Å². The van der Waals surface area contributed by atoms with Crippen molar-refractivity contribution in [2.24, 2.45) is 7.05 Å². The molecule has 0 bridgehead atoms. The number of para-hydroxylation sites is 1. The first-order chi connectivity index (χ1) is 11.1. The van der Waals surface area contributed by atoms with Crippen LogP contribution in [0, 0.1) is 0 Å². The van der Waals surface area contributed by atoms with E-state index in [0.29, 0.717) is 17.6 Å². The zero-order valence-corrected chi connectivity index (χ0v) is 13.1. The smallest absolute Gasteiger partial charge is 0.263 e. The molecule has 0 N–H and O–H groups in total. The SMILES string of the molecule is CCN(C(=O)c1cc2ncccc2n(C)c1=O)c1ccccc1. The van der Waals surface area contributed by atoms with E-state index in [-0.39, 0.29) is 17.0 Å². The third-order valence-electron chi connectivity index (χ3n) is 3.85. The summed E-state index contributed by atoms with van der Waals surface area (Å²) in [4.78, 5) is 31.3. The van der Waals surface area contributed by atoms with Gasteiger partial charge in [-0.2, -0.15) is 0 Å². The predicted octanol–water partition coefficient (Wildman–Crippen LogP) is 2.60. The fourth-order valence-electron chi connectivity index (χ4n) is 2.64. The van der Waals surface area contributed by atoms with Crippen molar-refractivity contribution in [2.45, 2.75) is 6.92 Å². The van der Waals surface area contributed by atoms with Crippen LogP contribution in [0.1, 0.15) is 17.3 Å². The van der Waals surface area contributed by atoms with Gasteiger partial charge in [0, 0.05) is 25.5 Å². The van der Waals surface area contributed by atoms with E-state index in [1.807, 2.05) is 43.3 Å². The van der Waals surface area contributed by atoms with Crippen LogP contribution in [0.3, 0.4) is 0 Å². The normalized spacial score (nSPS) is 10.7. The van der Waals surface area contributed by atoms with Crippen LogP contribution in [0.4, 0.5) is 5.69 Å². The van der Waals surface area contributed by atoms with Crippen LogP contribution in [-0.2, 0) is 7.05 Å². The van der Waals surface area contributed by atoms with Gasteiger partial charge < -0.3 is 9.47 Å². The summed E-state index contributed by atoms with van der Waals surface area (Å²) in [5.41, 5.74) is 1.91. The van der Waals surface area contributed by atoms with Gasteiger partial charge in [-0.15, -0.1) is 0 Å². The zero-order valence-electron chi connectivity index (χ0n) is 13.1. The Kier molecular flexibility index (Phi) is 3.93. The van der Waals surface area contributed by atoms with Crippen molar-refractivity contribution in [2.75, 3.05) is 11.4 Å². The number of amides is 1. The van der Waals surface area contributed by atoms with E-state index in [1.165, 1.54) is 4.57 Å². The molecule has 3 aromatic rings. The molecule has 1 aromatic carbocycles. The maximum atomic E-state index is 12.9. The largest absolute Gasteiger partial charge is 0.309 e. The third-order valence-corrected chi connectivity index (χ3v) is 3.85. The maximum Gasteiger partial charge on any atom is 0.263 e. The van der Waals surface area contributed by atoms with Gasteiger partial charge in [0.25, 0.3) is 11.5 Å². The fourth-order valence-corrected chi connectivity index (χ4v) is 2.64. The van der Waals surface area contributed by atoms with Crippen molar-refractivity contribution in [3.8, 4) is 0 Å². The molecule has 5 heteroatoms.